The number of esters is 1. The molecule has 0 radical (unpaired) electrons. The molecule has 0 saturated heterocycles. The van der Waals surface area contributed by atoms with Crippen molar-refractivity contribution in [1.29, 1.82) is 0 Å². The fourth-order valence-corrected chi connectivity index (χ4v) is 6.67. The van der Waals surface area contributed by atoms with E-state index in [1.165, 1.54) is 5.57 Å². The SMILES string of the molecule is CC1[C@H](O)CC(=C/C=C2\CCC[C@]3(C)[C@@H]([C@H](C)OC(=O)CCCC(C)(C)O)CC[C@@H]23)C[C@H]1O. The van der Waals surface area contributed by atoms with Crippen LogP contribution in [0.15, 0.2) is 23.3 Å². The Bertz CT molecular complexity index is 734. The highest BCUT2D eigenvalue weighted by atomic mass is 16.5. The molecule has 188 valence electrons. The number of carbonyl (C=O) groups excluding carboxylic acids is 1. The fourth-order valence-electron chi connectivity index (χ4n) is 6.67. The van der Waals surface area contributed by atoms with Gasteiger partial charge in [0.15, 0.2) is 0 Å². The lowest BCUT2D eigenvalue weighted by atomic mass is 9.62. The molecule has 0 aliphatic heterocycles. The Hall–Kier alpha value is -1.17. The second kappa shape index (κ2) is 10.6. The monoisotopic (exact) mass is 462 g/mol. The van der Waals surface area contributed by atoms with Gasteiger partial charge in [0.25, 0.3) is 0 Å². The van der Waals surface area contributed by atoms with Crippen LogP contribution < -0.4 is 0 Å². The van der Waals surface area contributed by atoms with Crippen molar-refractivity contribution >= 4 is 5.97 Å². The van der Waals surface area contributed by atoms with E-state index < -0.39 is 17.8 Å². The molecule has 3 aliphatic carbocycles. The molecule has 6 atom stereocenters. The number of aliphatic hydroxyl groups excluding tert-OH is 2. The molecular formula is C28H46O5. The molecular weight excluding hydrogens is 416 g/mol. The van der Waals surface area contributed by atoms with Gasteiger partial charge in [0.1, 0.15) is 6.10 Å². The number of ether oxygens (including phenoxy) is 1. The van der Waals surface area contributed by atoms with E-state index in [1.807, 2.05) is 6.92 Å². The van der Waals surface area contributed by atoms with Crippen molar-refractivity contribution in [3.63, 3.8) is 0 Å². The Kier molecular flexibility index (Phi) is 8.51. The van der Waals surface area contributed by atoms with E-state index in [0.717, 1.165) is 37.7 Å². The van der Waals surface area contributed by atoms with Gasteiger partial charge in [-0.2, -0.15) is 0 Å². The van der Waals surface area contributed by atoms with Crippen LogP contribution in [0.1, 0.15) is 98.8 Å². The Balaban J connectivity index is 1.62. The Morgan fingerprint density at radius 2 is 1.88 bits per heavy atom. The topological polar surface area (TPSA) is 87.0 Å². The third-order valence-electron chi connectivity index (χ3n) is 8.78. The maximum absolute atomic E-state index is 12.4. The number of aliphatic hydroxyl groups is 3. The minimum absolute atomic E-state index is 0.0670. The molecule has 0 bridgehead atoms. The third-order valence-corrected chi connectivity index (χ3v) is 8.78. The zero-order chi connectivity index (χ0) is 24.4. The molecule has 3 fully saturated rings. The number of hydrogen-bond acceptors (Lipinski definition) is 5. The lowest BCUT2D eigenvalue weighted by molar-refractivity contribution is -0.153. The molecule has 0 heterocycles. The van der Waals surface area contributed by atoms with Crippen LogP contribution in [0.3, 0.4) is 0 Å². The van der Waals surface area contributed by atoms with Crippen LogP contribution in [0.5, 0.6) is 0 Å². The van der Waals surface area contributed by atoms with E-state index in [2.05, 4.69) is 26.0 Å². The highest BCUT2D eigenvalue weighted by Gasteiger charge is 2.51. The second-order valence-electron chi connectivity index (χ2n) is 11.9. The summed E-state index contributed by atoms with van der Waals surface area (Å²) in [5.41, 5.74) is 2.00. The van der Waals surface area contributed by atoms with E-state index in [0.29, 0.717) is 43.9 Å². The summed E-state index contributed by atoms with van der Waals surface area (Å²) in [6, 6.07) is 0. The van der Waals surface area contributed by atoms with E-state index in [9.17, 15) is 20.1 Å². The Morgan fingerprint density at radius 1 is 1.21 bits per heavy atom. The number of fused-ring (bicyclic) bond motifs is 1. The van der Waals surface area contributed by atoms with Crippen molar-refractivity contribution in [2.45, 2.75) is 123 Å². The van der Waals surface area contributed by atoms with Crippen molar-refractivity contribution in [1.82, 2.24) is 0 Å². The fraction of sp³-hybridized carbons (Fsp3) is 0.821. The minimum atomic E-state index is -0.746. The predicted molar refractivity (Wildman–Crippen MR) is 130 cm³/mol. The van der Waals surface area contributed by atoms with Crippen molar-refractivity contribution in [3.8, 4) is 0 Å². The van der Waals surface area contributed by atoms with Gasteiger partial charge >= 0.3 is 5.97 Å². The molecule has 0 aromatic carbocycles. The summed E-state index contributed by atoms with van der Waals surface area (Å²) >= 11 is 0. The summed E-state index contributed by atoms with van der Waals surface area (Å²) in [7, 11) is 0. The number of rotatable bonds is 7. The molecule has 3 N–H and O–H groups in total. The first-order chi connectivity index (χ1) is 15.4. The second-order valence-corrected chi connectivity index (χ2v) is 11.9. The van der Waals surface area contributed by atoms with Crippen LogP contribution >= 0.6 is 0 Å². The van der Waals surface area contributed by atoms with Gasteiger partial charge in [-0.25, -0.2) is 0 Å². The number of hydrogen-bond donors (Lipinski definition) is 3. The first kappa shape index (κ1) is 26.4. The largest absolute Gasteiger partial charge is 0.462 e. The minimum Gasteiger partial charge on any atom is -0.462 e. The average molecular weight is 463 g/mol. The van der Waals surface area contributed by atoms with Crippen molar-refractivity contribution in [2.24, 2.45) is 23.2 Å². The maximum Gasteiger partial charge on any atom is 0.306 e. The molecule has 3 aliphatic rings. The van der Waals surface area contributed by atoms with Crippen molar-refractivity contribution in [2.75, 3.05) is 0 Å². The van der Waals surface area contributed by atoms with Gasteiger partial charge < -0.3 is 20.1 Å². The first-order valence-corrected chi connectivity index (χ1v) is 13.1. The average Bonchev–Trinajstić information content (AvgIpc) is 3.07. The van der Waals surface area contributed by atoms with E-state index >= 15 is 0 Å². The molecule has 0 spiro atoms. The summed E-state index contributed by atoms with van der Waals surface area (Å²) in [6.45, 7) is 9.88. The smallest absolute Gasteiger partial charge is 0.306 e. The van der Waals surface area contributed by atoms with Crippen LogP contribution in [-0.2, 0) is 9.53 Å². The lowest BCUT2D eigenvalue weighted by Gasteiger charge is -2.44. The highest BCUT2D eigenvalue weighted by molar-refractivity contribution is 5.69. The number of carbonyl (C=O) groups is 1. The molecule has 0 aromatic heterocycles. The lowest BCUT2D eigenvalue weighted by Crippen LogP contribution is -2.39. The highest BCUT2D eigenvalue weighted by Crippen LogP contribution is 2.58. The van der Waals surface area contributed by atoms with Crippen LogP contribution in [0.4, 0.5) is 0 Å². The Morgan fingerprint density at radius 3 is 2.52 bits per heavy atom. The van der Waals surface area contributed by atoms with Gasteiger partial charge in [0, 0.05) is 18.3 Å². The zero-order valence-corrected chi connectivity index (χ0v) is 21.3. The van der Waals surface area contributed by atoms with Crippen molar-refractivity contribution < 1.29 is 24.9 Å². The standard InChI is InChI=1S/C28H46O5/c1-18-24(29)16-20(17-25(18)30)10-11-21-8-6-15-28(5)22(12-13-23(21)28)19(2)33-26(31)9-7-14-27(3,4)32/h10-11,18-19,22-25,29-30,32H,6-9,12-17H2,1-5H3/b20-10?,21-11+/t18?,19-,22+,23-,24+,25+,28+/m0/s1. The van der Waals surface area contributed by atoms with E-state index in [1.54, 1.807) is 13.8 Å². The summed E-state index contributed by atoms with van der Waals surface area (Å²) in [5, 5.41) is 30.3. The maximum atomic E-state index is 12.4. The van der Waals surface area contributed by atoms with Gasteiger partial charge in [-0.3, -0.25) is 4.79 Å². The van der Waals surface area contributed by atoms with Crippen molar-refractivity contribution in [3.05, 3.63) is 23.3 Å². The first-order valence-electron chi connectivity index (χ1n) is 13.1. The van der Waals surface area contributed by atoms with Gasteiger partial charge in [-0.15, -0.1) is 0 Å². The molecule has 0 amide bonds. The molecule has 33 heavy (non-hydrogen) atoms. The molecule has 3 rings (SSSR count). The van der Waals surface area contributed by atoms with Crippen LogP contribution in [0.25, 0.3) is 0 Å². The molecule has 0 aromatic rings. The van der Waals surface area contributed by atoms with E-state index in [4.69, 9.17) is 4.74 Å². The molecule has 5 nitrogen and oxygen atoms in total. The third kappa shape index (κ3) is 6.49. The molecule has 0 unspecified atom stereocenters. The number of allylic oxidation sites excluding steroid dienone is 3. The zero-order valence-electron chi connectivity index (χ0n) is 21.3. The van der Waals surface area contributed by atoms with E-state index in [-0.39, 0.29) is 23.4 Å². The van der Waals surface area contributed by atoms with Gasteiger partial charge in [-0.1, -0.05) is 37.1 Å². The van der Waals surface area contributed by atoms with Crippen LogP contribution in [-0.4, -0.2) is 45.2 Å². The van der Waals surface area contributed by atoms with Gasteiger partial charge in [0.05, 0.1) is 17.8 Å². The molecule has 3 saturated carbocycles. The predicted octanol–water partition coefficient (Wildman–Crippen LogP) is 5.08. The van der Waals surface area contributed by atoms with Gasteiger partial charge in [-0.05, 0) is 89.9 Å². The summed E-state index contributed by atoms with van der Waals surface area (Å²) in [5.74, 6) is 0.638. The normalized spacial score (nSPS) is 37.0. The van der Waals surface area contributed by atoms with Gasteiger partial charge in [0.2, 0.25) is 0 Å². The summed E-state index contributed by atoms with van der Waals surface area (Å²) < 4.78 is 5.88. The summed E-state index contributed by atoms with van der Waals surface area (Å²) in [4.78, 5) is 12.4. The Labute approximate surface area is 200 Å². The quantitative estimate of drug-likeness (QED) is 0.459. The van der Waals surface area contributed by atoms with Crippen LogP contribution in [0, 0.1) is 23.2 Å². The molecule has 5 heteroatoms. The summed E-state index contributed by atoms with van der Waals surface area (Å²) in [6.07, 6.45) is 11.9. The van der Waals surface area contributed by atoms with Crippen LogP contribution in [0.2, 0.25) is 0 Å².